The topological polar surface area (TPSA) is 41.6 Å². The van der Waals surface area contributed by atoms with E-state index < -0.39 is 5.66 Å². The summed E-state index contributed by atoms with van der Waals surface area (Å²) in [5.74, 6) is 0.946. The number of hydrogen-bond acceptors (Lipinski definition) is 3. The highest BCUT2D eigenvalue weighted by Crippen LogP contribution is 2.52. The summed E-state index contributed by atoms with van der Waals surface area (Å²) < 4.78 is 6.08. The smallest absolute Gasteiger partial charge is 0.241 e. The first-order valence-electron chi connectivity index (χ1n) is 9.74. The zero-order valence-corrected chi connectivity index (χ0v) is 16.4. The van der Waals surface area contributed by atoms with E-state index in [0.29, 0.717) is 6.54 Å². The van der Waals surface area contributed by atoms with Crippen LogP contribution in [0.4, 0.5) is 5.69 Å². The van der Waals surface area contributed by atoms with Crippen LogP contribution in [0.1, 0.15) is 26.3 Å². The van der Waals surface area contributed by atoms with E-state index in [4.69, 9.17) is 4.74 Å². The van der Waals surface area contributed by atoms with E-state index >= 15 is 0 Å². The highest BCUT2D eigenvalue weighted by molar-refractivity contribution is 5.91. The van der Waals surface area contributed by atoms with Crippen LogP contribution in [0.2, 0.25) is 0 Å². The Kier molecular flexibility index (Phi) is 3.51. The summed E-state index contributed by atoms with van der Waals surface area (Å²) in [5.41, 5.74) is 3.71. The minimum atomic E-state index is -0.585. The Morgan fingerprint density at radius 2 is 2.07 bits per heavy atom. The van der Waals surface area contributed by atoms with Crippen LogP contribution in [0, 0.1) is 0 Å². The van der Waals surface area contributed by atoms with Crippen molar-refractivity contribution in [2.75, 3.05) is 11.4 Å². The monoisotopic (exact) mass is 372 g/mol. The molecule has 4 aliphatic rings. The highest BCUT2D eigenvalue weighted by atomic mass is 16.5. The van der Waals surface area contributed by atoms with Crippen molar-refractivity contribution >= 4 is 11.6 Å². The molecule has 28 heavy (non-hydrogen) atoms. The molecular weight excluding hydrogens is 348 g/mol. The first kappa shape index (κ1) is 17.1. The van der Waals surface area contributed by atoms with Gasteiger partial charge in [-0.05, 0) is 42.4 Å². The Morgan fingerprint density at radius 1 is 1.25 bits per heavy atom. The lowest BCUT2D eigenvalue weighted by Crippen LogP contribution is -2.58. The number of anilines is 1. The van der Waals surface area contributed by atoms with Gasteiger partial charge in [0.2, 0.25) is 5.91 Å². The first-order chi connectivity index (χ1) is 13.4. The number of fused-ring (bicyclic) bond motifs is 4. The summed E-state index contributed by atoms with van der Waals surface area (Å²) in [5, 5.41) is 3.27. The van der Waals surface area contributed by atoms with Gasteiger partial charge in [0.05, 0.1) is 6.54 Å². The maximum absolute atomic E-state index is 12.4. The predicted molar refractivity (Wildman–Crippen MR) is 111 cm³/mol. The molecule has 1 aromatic carbocycles. The number of hydrogen-bond donors (Lipinski definition) is 1. The number of para-hydroxylation sites is 1. The van der Waals surface area contributed by atoms with Crippen LogP contribution in [-0.2, 0) is 14.9 Å². The summed E-state index contributed by atoms with van der Waals surface area (Å²) >= 11 is 0. The summed E-state index contributed by atoms with van der Waals surface area (Å²) in [4.78, 5) is 14.6. The molecule has 3 aliphatic heterocycles. The van der Waals surface area contributed by atoms with Crippen molar-refractivity contribution in [2.45, 2.75) is 38.0 Å². The molecule has 5 rings (SSSR count). The van der Waals surface area contributed by atoms with Gasteiger partial charge >= 0.3 is 0 Å². The molecule has 1 N–H and O–H groups in total. The largest absolute Gasteiger partial charge is 0.486 e. The van der Waals surface area contributed by atoms with Crippen LogP contribution < -0.4 is 10.2 Å². The second-order valence-electron chi connectivity index (χ2n) is 8.31. The summed E-state index contributed by atoms with van der Waals surface area (Å²) in [6, 6.07) is 8.37. The molecule has 1 aromatic rings. The predicted octanol–water partition coefficient (Wildman–Crippen LogP) is 3.89. The minimum absolute atomic E-state index is 0.00447. The van der Waals surface area contributed by atoms with Crippen LogP contribution >= 0.6 is 0 Å². The van der Waals surface area contributed by atoms with E-state index in [1.54, 1.807) is 0 Å². The maximum atomic E-state index is 12.4. The van der Waals surface area contributed by atoms with E-state index in [-0.39, 0.29) is 17.4 Å². The SMILES string of the molecule is CC1=C(C=C[C@]23NC(=O)CN2c2ccccc2C3(C)C)C=C2C=CC=C[C@@H]2O1. The molecule has 1 fully saturated rings. The van der Waals surface area contributed by atoms with Crippen molar-refractivity contribution in [3.05, 3.63) is 89.3 Å². The number of ether oxygens (including phenoxy) is 1. The number of nitrogens with zero attached hydrogens (tertiary/aromatic N) is 1. The number of rotatable bonds is 2. The van der Waals surface area contributed by atoms with Gasteiger partial charge in [-0.2, -0.15) is 0 Å². The lowest BCUT2D eigenvalue weighted by Gasteiger charge is -2.40. The molecule has 4 nitrogen and oxygen atoms in total. The lowest BCUT2D eigenvalue weighted by atomic mass is 9.75. The maximum Gasteiger partial charge on any atom is 0.241 e. The van der Waals surface area contributed by atoms with Crippen molar-refractivity contribution in [1.82, 2.24) is 5.32 Å². The second kappa shape index (κ2) is 5.74. The molecule has 1 saturated heterocycles. The van der Waals surface area contributed by atoms with Gasteiger partial charge in [0.25, 0.3) is 0 Å². The van der Waals surface area contributed by atoms with E-state index in [1.165, 1.54) is 5.56 Å². The fourth-order valence-electron chi connectivity index (χ4n) is 4.83. The van der Waals surface area contributed by atoms with Gasteiger partial charge < -0.3 is 15.0 Å². The third kappa shape index (κ3) is 2.21. The molecule has 4 heteroatoms. The van der Waals surface area contributed by atoms with Crippen molar-refractivity contribution in [1.29, 1.82) is 0 Å². The molecule has 1 aliphatic carbocycles. The molecular formula is C24H24N2O2. The van der Waals surface area contributed by atoms with E-state index in [0.717, 1.165) is 22.6 Å². The quantitative estimate of drug-likeness (QED) is 0.856. The number of carbonyl (C=O) groups is 1. The van der Waals surface area contributed by atoms with Gasteiger partial charge in [-0.25, -0.2) is 0 Å². The lowest BCUT2D eigenvalue weighted by molar-refractivity contribution is -0.118. The van der Waals surface area contributed by atoms with Gasteiger partial charge in [-0.3, -0.25) is 4.79 Å². The zero-order chi connectivity index (χ0) is 19.5. The third-order valence-corrected chi connectivity index (χ3v) is 6.43. The summed E-state index contributed by atoms with van der Waals surface area (Å²) in [6.07, 6.45) is 14.6. The number of allylic oxidation sites excluding steroid dienone is 6. The Balaban J connectivity index is 1.57. The average molecular weight is 372 g/mol. The van der Waals surface area contributed by atoms with E-state index in [1.807, 2.05) is 25.1 Å². The summed E-state index contributed by atoms with van der Waals surface area (Å²) in [7, 11) is 0. The number of amides is 1. The molecule has 2 atom stereocenters. The van der Waals surface area contributed by atoms with Gasteiger partial charge in [0.15, 0.2) is 0 Å². The fourth-order valence-corrected chi connectivity index (χ4v) is 4.83. The fraction of sp³-hybridized carbons (Fsp3) is 0.292. The van der Waals surface area contributed by atoms with Gasteiger partial charge in [-0.1, -0.05) is 56.4 Å². The van der Waals surface area contributed by atoms with Crippen molar-refractivity contribution in [2.24, 2.45) is 0 Å². The standard InChI is InChI=1S/C24H24N2O2/c1-16-17(14-18-8-4-7-11-21(18)28-16)12-13-24-23(2,3)19-9-5-6-10-20(19)26(24)15-22(27)25-24/h4-14,21H,15H2,1-3H3,(H,25,27)/t21-,24-/m0/s1. The number of carbonyl (C=O) groups excluding carboxylic acids is 1. The van der Waals surface area contributed by atoms with Gasteiger partial charge in [0.1, 0.15) is 17.5 Å². The highest BCUT2D eigenvalue weighted by Gasteiger charge is 2.59. The average Bonchev–Trinajstić information content (AvgIpc) is 3.11. The molecule has 0 bridgehead atoms. The Hall–Kier alpha value is -3.01. The molecule has 0 aromatic heterocycles. The first-order valence-corrected chi connectivity index (χ1v) is 9.74. The van der Waals surface area contributed by atoms with Crippen LogP contribution in [0.5, 0.6) is 0 Å². The van der Waals surface area contributed by atoms with E-state index in [2.05, 4.69) is 72.6 Å². The molecule has 3 heterocycles. The number of nitrogens with one attached hydrogen (secondary N) is 1. The van der Waals surface area contributed by atoms with Gasteiger partial charge in [-0.15, -0.1) is 0 Å². The molecule has 0 radical (unpaired) electrons. The minimum Gasteiger partial charge on any atom is -0.486 e. The van der Waals surface area contributed by atoms with Crippen LogP contribution in [0.15, 0.2) is 83.7 Å². The van der Waals surface area contributed by atoms with Crippen LogP contribution in [-0.4, -0.2) is 24.2 Å². The third-order valence-electron chi connectivity index (χ3n) is 6.43. The molecule has 0 saturated carbocycles. The Morgan fingerprint density at radius 3 is 2.93 bits per heavy atom. The van der Waals surface area contributed by atoms with Crippen molar-refractivity contribution in [3.63, 3.8) is 0 Å². The van der Waals surface area contributed by atoms with Crippen LogP contribution in [0.3, 0.4) is 0 Å². The van der Waals surface area contributed by atoms with E-state index in [9.17, 15) is 4.79 Å². The second-order valence-corrected chi connectivity index (χ2v) is 8.31. The molecule has 142 valence electrons. The van der Waals surface area contributed by atoms with Crippen LogP contribution in [0.25, 0.3) is 0 Å². The Labute approximate surface area is 165 Å². The molecule has 0 unspecified atom stereocenters. The summed E-state index contributed by atoms with van der Waals surface area (Å²) in [6.45, 7) is 6.76. The van der Waals surface area contributed by atoms with Crippen molar-refractivity contribution < 1.29 is 9.53 Å². The molecule has 1 amide bonds. The van der Waals surface area contributed by atoms with Gasteiger partial charge in [0, 0.05) is 16.7 Å². The zero-order valence-electron chi connectivity index (χ0n) is 16.4. The normalized spacial score (nSPS) is 29.4. The Bertz CT molecular complexity index is 1020. The number of benzene rings is 1. The molecule has 0 spiro atoms. The van der Waals surface area contributed by atoms with Crippen molar-refractivity contribution in [3.8, 4) is 0 Å².